The van der Waals surface area contributed by atoms with Gasteiger partial charge in [-0.25, -0.2) is 13.2 Å². The van der Waals surface area contributed by atoms with E-state index in [0.29, 0.717) is 6.42 Å². The maximum atomic E-state index is 12.7. The first-order chi connectivity index (χ1) is 11.1. The molecule has 1 saturated heterocycles. The van der Waals surface area contributed by atoms with Crippen LogP contribution in [0.2, 0.25) is 0 Å². The van der Waals surface area contributed by atoms with E-state index in [2.05, 4.69) is 4.74 Å². The van der Waals surface area contributed by atoms with Gasteiger partial charge in [0.05, 0.1) is 0 Å². The second kappa shape index (κ2) is 6.85. The van der Waals surface area contributed by atoms with Crippen molar-refractivity contribution in [1.29, 1.82) is 0 Å². The molecule has 11 heteroatoms. The summed E-state index contributed by atoms with van der Waals surface area (Å²) in [4.78, 5) is 11.9. The van der Waals surface area contributed by atoms with Crippen molar-refractivity contribution in [3.05, 3.63) is 24.3 Å². The van der Waals surface area contributed by atoms with Crippen molar-refractivity contribution in [2.45, 2.75) is 17.7 Å². The summed E-state index contributed by atoms with van der Waals surface area (Å²) < 4.78 is 67.6. The van der Waals surface area contributed by atoms with E-state index in [1.54, 1.807) is 0 Å². The van der Waals surface area contributed by atoms with Crippen LogP contribution in [0.3, 0.4) is 0 Å². The van der Waals surface area contributed by atoms with Crippen molar-refractivity contribution in [3.63, 3.8) is 0 Å². The van der Waals surface area contributed by atoms with Gasteiger partial charge in [-0.1, -0.05) is 12.1 Å². The number of hydrogen-bond acceptors (Lipinski definition) is 4. The number of carbonyl (C=O) groups excluding carboxylic acids is 1. The van der Waals surface area contributed by atoms with Gasteiger partial charge in [0.15, 0.2) is 0 Å². The van der Waals surface area contributed by atoms with Crippen LogP contribution in [0.5, 0.6) is 5.75 Å². The number of nitrogens with two attached hydrogens (primary N) is 1. The largest absolute Gasteiger partial charge is 0.573 e. The molecule has 0 atom stereocenters. The molecule has 0 spiro atoms. The quantitative estimate of drug-likeness (QED) is 0.873. The number of sulfonamides is 1. The molecule has 0 unspecified atom stereocenters. The van der Waals surface area contributed by atoms with Crippen LogP contribution < -0.4 is 10.5 Å². The number of hydrogen-bond donors (Lipinski definition) is 1. The van der Waals surface area contributed by atoms with Gasteiger partial charge >= 0.3 is 12.4 Å². The van der Waals surface area contributed by atoms with E-state index in [1.165, 1.54) is 17.0 Å². The molecule has 1 aromatic carbocycles. The molecule has 1 aromatic rings. The second-order valence-corrected chi connectivity index (χ2v) is 6.98. The van der Waals surface area contributed by atoms with Gasteiger partial charge in [0, 0.05) is 26.2 Å². The lowest BCUT2D eigenvalue weighted by atomic mass is 10.3. The summed E-state index contributed by atoms with van der Waals surface area (Å²) in [6.07, 6.45) is -4.68. The number of benzene rings is 1. The standard InChI is InChI=1S/C13H16F3N3O4S/c14-13(15,16)23-10-4-1-2-5-11(10)24(21,22)19-7-3-6-18(8-9-19)12(17)20/h1-2,4-5H,3,6-9H2,(H2,17,20). The fourth-order valence-corrected chi connectivity index (χ4v) is 3.95. The summed E-state index contributed by atoms with van der Waals surface area (Å²) in [5, 5.41) is 0. The Labute approximate surface area is 136 Å². The third-order valence-electron chi connectivity index (χ3n) is 3.46. The summed E-state index contributed by atoms with van der Waals surface area (Å²) in [5.74, 6) is -0.791. The van der Waals surface area contributed by atoms with E-state index in [-0.39, 0.29) is 26.2 Å². The van der Waals surface area contributed by atoms with Crippen LogP contribution in [-0.2, 0) is 10.0 Å². The molecule has 1 aliphatic rings. The van der Waals surface area contributed by atoms with Crippen molar-refractivity contribution in [2.75, 3.05) is 26.2 Å². The Hall–Kier alpha value is -2.01. The molecular formula is C13H16F3N3O4S. The lowest BCUT2D eigenvalue weighted by molar-refractivity contribution is -0.275. The normalized spacial score (nSPS) is 17.4. The van der Waals surface area contributed by atoms with E-state index in [0.717, 1.165) is 16.4 Å². The molecule has 24 heavy (non-hydrogen) atoms. The number of alkyl halides is 3. The monoisotopic (exact) mass is 367 g/mol. The molecule has 7 nitrogen and oxygen atoms in total. The summed E-state index contributed by atoms with van der Waals surface area (Å²) >= 11 is 0. The van der Waals surface area contributed by atoms with Crippen molar-refractivity contribution in [2.24, 2.45) is 5.73 Å². The van der Waals surface area contributed by atoms with E-state index in [4.69, 9.17) is 5.73 Å². The van der Waals surface area contributed by atoms with Gasteiger partial charge in [-0.05, 0) is 18.6 Å². The molecule has 1 fully saturated rings. The van der Waals surface area contributed by atoms with Crippen LogP contribution in [0.4, 0.5) is 18.0 Å². The third-order valence-corrected chi connectivity index (χ3v) is 5.40. The molecule has 1 aliphatic heterocycles. The van der Waals surface area contributed by atoms with Crippen molar-refractivity contribution in [1.82, 2.24) is 9.21 Å². The molecule has 0 saturated carbocycles. The lowest BCUT2D eigenvalue weighted by Crippen LogP contribution is -2.39. The first-order valence-electron chi connectivity index (χ1n) is 7.00. The van der Waals surface area contributed by atoms with Crippen molar-refractivity contribution < 1.29 is 31.1 Å². The molecular weight excluding hydrogens is 351 g/mol. The predicted molar refractivity (Wildman–Crippen MR) is 77.7 cm³/mol. The minimum atomic E-state index is -5.01. The number of carbonyl (C=O) groups is 1. The van der Waals surface area contributed by atoms with E-state index in [1.807, 2.05) is 0 Å². The molecule has 2 amide bonds. The Kier molecular flexibility index (Phi) is 5.23. The SMILES string of the molecule is NC(=O)N1CCCN(S(=O)(=O)c2ccccc2OC(F)(F)F)CC1. The number of amides is 2. The summed E-state index contributed by atoms with van der Waals surface area (Å²) in [6.45, 7) is 0.344. The van der Waals surface area contributed by atoms with Crippen LogP contribution in [0.1, 0.15) is 6.42 Å². The van der Waals surface area contributed by atoms with Gasteiger partial charge in [0.2, 0.25) is 10.0 Å². The number of nitrogens with zero attached hydrogens (tertiary/aromatic N) is 2. The minimum absolute atomic E-state index is 0.0620. The highest BCUT2D eigenvalue weighted by atomic mass is 32.2. The fourth-order valence-electron chi connectivity index (χ4n) is 2.37. The van der Waals surface area contributed by atoms with E-state index in [9.17, 15) is 26.4 Å². The minimum Gasteiger partial charge on any atom is -0.404 e. The average Bonchev–Trinajstić information content (AvgIpc) is 2.72. The highest BCUT2D eigenvalue weighted by molar-refractivity contribution is 7.89. The number of para-hydroxylation sites is 1. The molecule has 2 N–H and O–H groups in total. The Morgan fingerprint density at radius 2 is 1.79 bits per heavy atom. The molecule has 0 aromatic heterocycles. The van der Waals surface area contributed by atoms with Crippen molar-refractivity contribution >= 4 is 16.1 Å². The summed E-state index contributed by atoms with van der Waals surface area (Å²) in [6, 6.07) is 3.87. The smallest absolute Gasteiger partial charge is 0.404 e. The lowest BCUT2D eigenvalue weighted by Gasteiger charge is -2.22. The van der Waals surface area contributed by atoms with Crippen LogP contribution in [0, 0.1) is 0 Å². The van der Waals surface area contributed by atoms with Gasteiger partial charge in [-0.15, -0.1) is 13.2 Å². The van der Waals surface area contributed by atoms with Gasteiger partial charge in [-0.3, -0.25) is 0 Å². The van der Waals surface area contributed by atoms with Gasteiger partial charge in [0.25, 0.3) is 0 Å². The van der Waals surface area contributed by atoms with E-state index < -0.39 is 33.1 Å². The molecule has 0 radical (unpaired) electrons. The van der Waals surface area contributed by atoms with Crippen LogP contribution >= 0.6 is 0 Å². The number of rotatable bonds is 3. The zero-order valence-electron chi connectivity index (χ0n) is 12.5. The Balaban J connectivity index is 2.29. The number of urea groups is 1. The van der Waals surface area contributed by atoms with Gasteiger partial charge in [-0.2, -0.15) is 4.31 Å². The Bertz CT molecular complexity index is 709. The first-order valence-corrected chi connectivity index (χ1v) is 8.44. The van der Waals surface area contributed by atoms with Gasteiger partial charge in [0.1, 0.15) is 10.6 Å². The van der Waals surface area contributed by atoms with Crippen LogP contribution in [0.15, 0.2) is 29.2 Å². The predicted octanol–water partition coefficient (Wildman–Crippen LogP) is 1.36. The molecule has 2 rings (SSSR count). The zero-order valence-corrected chi connectivity index (χ0v) is 13.3. The Morgan fingerprint density at radius 3 is 2.42 bits per heavy atom. The molecule has 134 valence electrons. The maximum Gasteiger partial charge on any atom is 0.573 e. The summed E-state index contributed by atoms with van der Waals surface area (Å²) in [7, 11) is -4.21. The second-order valence-electron chi connectivity index (χ2n) is 5.08. The third kappa shape index (κ3) is 4.29. The number of primary amides is 1. The maximum absolute atomic E-state index is 12.7. The number of halogens is 3. The van der Waals surface area contributed by atoms with E-state index >= 15 is 0 Å². The fraction of sp³-hybridized carbons (Fsp3) is 0.462. The van der Waals surface area contributed by atoms with Crippen LogP contribution in [0.25, 0.3) is 0 Å². The molecule has 1 heterocycles. The Morgan fingerprint density at radius 1 is 1.12 bits per heavy atom. The van der Waals surface area contributed by atoms with Crippen LogP contribution in [-0.4, -0.2) is 56.2 Å². The highest BCUT2D eigenvalue weighted by Crippen LogP contribution is 2.31. The topological polar surface area (TPSA) is 92.9 Å². The molecule has 0 aliphatic carbocycles. The highest BCUT2D eigenvalue weighted by Gasteiger charge is 2.36. The zero-order chi connectivity index (χ0) is 18.0. The number of ether oxygens (including phenoxy) is 1. The molecule has 0 bridgehead atoms. The van der Waals surface area contributed by atoms with Gasteiger partial charge < -0.3 is 15.4 Å². The average molecular weight is 367 g/mol. The van der Waals surface area contributed by atoms with Crippen molar-refractivity contribution in [3.8, 4) is 5.75 Å². The first kappa shape index (κ1) is 18.3. The summed E-state index contributed by atoms with van der Waals surface area (Å²) in [5.41, 5.74) is 5.17.